The Morgan fingerprint density at radius 2 is 1.81 bits per heavy atom. The van der Waals surface area contributed by atoms with E-state index in [0.29, 0.717) is 5.69 Å². The molecular weight excluding hydrogens is 347 g/mol. The van der Waals surface area contributed by atoms with Crippen molar-refractivity contribution >= 4 is 11.7 Å². The Morgan fingerprint density at radius 1 is 1.15 bits per heavy atom. The molecule has 2 heterocycles. The molecular formula is C21H31FN2O3. The van der Waals surface area contributed by atoms with E-state index in [2.05, 4.69) is 10.2 Å². The van der Waals surface area contributed by atoms with Crippen molar-refractivity contribution in [2.45, 2.75) is 64.6 Å². The van der Waals surface area contributed by atoms with Crippen LogP contribution >= 0.6 is 0 Å². The second-order valence-corrected chi connectivity index (χ2v) is 8.42. The van der Waals surface area contributed by atoms with Crippen LogP contribution in [0.3, 0.4) is 0 Å². The summed E-state index contributed by atoms with van der Waals surface area (Å²) in [6, 6.07) is 2.98. The first-order valence-corrected chi connectivity index (χ1v) is 10.0. The number of nitrogens with one attached hydrogen (secondary N) is 1. The van der Waals surface area contributed by atoms with Crippen LogP contribution in [0.2, 0.25) is 0 Å². The van der Waals surface area contributed by atoms with E-state index < -0.39 is 17.4 Å². The Labute approximate surface area is 161 Å². The molecule has 0 aromatic heterocycles. The molecule has 0 atom stereocenters. The highest BCUT2D eigenvalue weighted by Crippen LogP contribution is 2.33. The highest BCUT2D eigenvalue weighted by atomic mass is 19.1. The lowest BCUT2D eigenvalue weighted by Crippen LogP contribution is -2.35. The van der Waals surface area contributed by atoms with Crippen LogP contribution in [0.5, 0.6) is 5.75 Å². The Balaban J connectivity index is 1.91. The van der Waals surface area contributed by atoms with Gasteiger partial charge < -0.3 is 19.7 Å². The van der Waals surface area contributed by atoms with Crippen molar-refractivity contribution in [3.8, 4) is 5.75 Å². The van der Waals surface area contributed by atoms with E-state index in [1.54, 1.807) is 6.07 Å². The quantitative estimate of drug-likeness (QED) is 0.806. The van der Waals surface area contributed by atoms with E-state index in [1.807, 2.05) is 20.8 Å². The summed E-state index contributed by atoms with van der Waals surface area (Å²) < 4.78 is 26.3. The predicted molar refractivity (Wildman–Crippen MR) is 104 cm³/mol. The molecule has 2 aliphatic rings. The Hall–Kier alpha value is -1.82. The normalized spacial score (nSPS) is 19.0. The van der Waals surface area contributed by atoms with E-state index in [0.717, 1.165) is 51.9 Å². The standard InChI is InChI=1S/C21H31FN2O3/c1-21(2,3)27-20(25)16-13-17(22)19(26-15-7-9-23-10-8-15)14-18(16)24-11-5-4-6-12-24/h13-15,23H,4-12H2,1-3H3. The summed E-state index contributed by atoms with van der Waals surface area (Å²) in [6.45, 7) is 8.91. The molecule has 1 N–H and O–H groups in total. The third kappa shape index (κ3) is 5.34. The van der Waals surface area contributed by atoms with Gasteiger partial charge in [-0.2, -0.15) is 0 Å². The number of piperidine rings is 2. The lowest BCUT2D eigenvalue weighted by molar-refractivity contribution is 0.00696. The molecule has 2 fully saturated rings. The Bertz CT molecular complexity index is 660. The van der Waals surface area contributed by atoms with Crippen LogP contribution in [0.4, 0.5) is 10.1 Å². The van der Waals surface area contributed by atoms with E-state index in [-0.39, 0.29) is 17.4 Å². The number of benzene rings is 1. The third-order valence-corrected chi connectivity index (χ3v) is 4.95. The molecule has 1 aromatic rings. The summed E-state index contributed by atoms with van der Waals surface area (Å²) >= 11 is 0. The van der Waals surface area contributed by atoms with Gasteiger partial charge in [0, 0.05) is 19.2 Å². The molecule has 2 saturated heterocycles. The van der Waals surface area contributed by atoms with Crippen LogP contribution < -0.4 is 15.0 Å². The van der Waals surface area contributed by atoms with Gasteiger partial charge in [0.05, 0.1) is 11.3 Å². The molecule has 6 heteroatoms. The van der Waals surface area contributed by atoms with Crippen LogP contribution in [0.1, 0.15) is 63.2 Å². The number of hydrogen-bond donors (Lipinski definition) is 1. The highest BCUT2D eigenvalue weighted by molar-refractivity contribution is 5.96. The minimum Gasteiger partial charge on any atom is -0.487 e. The number of nitrogens with zero attached hydrogens (tertiary/aromatic N) is 1. The lowest BCUT2D eigenvalue weighted by Gasteiger charge is -2.32. The van der Waals surface area contributed by atoms with Crippen LogP contribution in [0, 0.1) is 5.82 Å². The van der Waals surface area contributed by atoms with E-state index >= 15 is 0 Å². The molecule has 3 rings (SSSR count). The zero-order valence-electron chi connectivity index (χ0n) is 16.6. The molecule has 1 aromatic carbocycles. The van der Waals surface area contributed by atoms with Crippen molar-refractivity contribution in [2.75, 3.05) is 31.1 Å². The molecule has 2 aliphatic heterocycles. The zero-order valence-corrected chi connectivity index (χ0v) is 16.6. The molecule has 0 spiro atoms. The number of ether oxygens (including phenoxy) is 2. The summed E-state index contributed by atoms with van der Waals surface area (Å²) in [5.74, 6) is -0.764. The van der Waals surface area contributed by atoms with E-state index in [1.165, 1.54) is 12.5 Å². The van der Waals surface area contributed by atoms with Gasteiger partial charge in [0.25, 0.3) is 0 Å². The second kappa shape index (κ2) is 8.46. The summed E-state index contributed by atoms with van der Waals surface area (Å²) in [6.07, 6.45) is 5.02. The largest absolute Gasteiger partial charge is 0.487 e. The van der Waals surface area contributed by atoms with Crippen LogP contribution in [0.15, 0.2) is 12.1 Å². The minimum atomic E-state index is -0.628. The molecule has 0 amide bonds. The number of rotatable bonds is 4. The first-order chi connectivity index (χ1) is 12.8. The smallest absolute Gasteiger partial charge is 0.340 e. The number of carbonyl (C=O) groups is 1. The van der Waals surface area contributed by atoms with Crippen molar-refractivity contribution in [1.29, 1.82) is 0 Å². The van der Waals surface area contributed by atoms with Crippen LogP contribution in [-0.4, -0.2) is 43.9 Å². The molecule has 0 bridgehead atoms. The predicted octanol–water partition coefficient (Wildman–Crippen LogP) is 3.90. The monoisotopic (exact) mass is 378 g/mol. The van der Waals surface area contributed by atoms with Crippen LogP contribution in [0.25, 0.3) is 0 Å². The number of hydrogen-bond acceptors (Lipinski definition) is 5. The first kappa shape index (κ1) is 19.9. The van der Waals surface area contributed by atoms with Gasteiger partial charge in [-0.1, -0.05) is 0 Å². The van der Waals surface area contributed by atoms with Gasteiger partial charge in [0.1, 0.15) is 11.7 Å². The maximum absolute atomic E-state index is 14.8. The molecule has 0 aliphatic carbocycles. The topological polar surface area (TPSA) is 50.8 Å². The van der Waals surface area contributed by atoms with Gasteiger partial charge in [0.15, 0.2) is 11.6 Å². The molecule has 0 radical (unpaired) electrons. The van der Waals surface area contributed by atoms with Crippen molar-refractivity contribution in [3.63, 3.8) is 0 Å². The van der Waals surface area contributed by atoms with E-state index in [9.17, 15) is 9.18 Å². The zero-order chi connectivity index (χ0) is 19.4. The van der Waals surface area contributed by atoms with Gasteiger partial charge in [-0.25, -0.2) is 9.18 Å². The molecule has 5 nitrogen and oxygen atoms in total. The Kier molecular flexibility index (Phi) is 6.25. The molecule has 27 heavy (non-hydrogen) atoms. The highest BCUT2D eigenvalue weighted by Gasteiger charge is 2.27. The molecule has 0 unspecified atom stereocenters. The van der Waals surface area contributed by atoms with Gasteiger partial charge >= 0.3 is 5.97 Å². The van der Waals surface area contributed by atoms with Gasteiger partial charge in [-0.05, 0) is 72.0 Å². The van der Waals surface area contributed by atoms with Gasteiger partial charge in [-0.15, -0.1) is 0 Å². The summed E-state index contributed by atoms with van der Waals surface area (Å²) in [4.78, 5) is 14.9. The maximum Gasteiger partial charge on any atom is 0.340 e. The van der Waals surface area contributed by atoms with Crippen molar-refractivity contribution in [3.05, 3.63) is 23.5 Å². The lowest BCUT2D eigenvalue weighted by atomic mass is 10.1. The number of esters is 1. The van der Waals surface area contributed by atoms with Crippen molar-refractivity contribution < 1.29 is 18.7 Å². The SMILES string of the molecule is CC(C)(C)OC(=O)c1cc(F)c(OC2CCNCC2)cc1N1CCCCC1. The summed E-state index contributed by atoms with van der Waals surface area (Å²) in [5.41, 5.74) is 0.369. The fourth-order valence-electron chi connectivity index (χ4n) is 3.62. The average molecular weight is 378 g/mol. The number of halogens is 1. The second-order valence-electron chi connectivity index (χ2n) is 8.42. The molecule has 0 saturated carbocycles. The molecule has 150 valence electrons. The number of carbonyl (C=O) groups excluding carboxylic acids is 1. The van der Waals surface area contributed by atoms with Gasteiger partial charge in [0.2, 0.25) is 0 Å². The summed E-state index contributed by atoms with van der Waals surface area (Å²) in [5, 5.41) is 3.28. The summed E-state index contributed by atoms with van der Waals surface area (Å²) in [7, 11) is 0. The van der Waals surface area contributed by atoms with Gasteiger partial charge in [-0.3, -0.25) is 0 Å². The van der Waals surface area contributed by atoms with Crippen LogP contribution in [-0.2, 0) is 4.74 Å². The Morgan fingerprint density at radius 3 is 2.44 bits per heavy atom. The van der Waals surface area contributed by atoms with E-state index in [4.69, 9.17) is 9.47 Å². The first-order valence-electron chi connectivity index (χ1n) is 10.0. The minimum absolute atomic E-state index is 0.00216. The average Bonchev–Trinajstić information content (AvgIpc) is 2.63. The third-order valence-electron chi connectivity index (χ3n) is 4.95. The fraction of sp³-hybridized carbons (Fsp3) is 0.667. The fourth-order valence-corrected chi connectivity index (χ4v) is 3.62. The maximum atomic E-state index is 14.8. The number of anilines is 1. The van der Waals surface area contributed by atoms with Crippen molar-refractivity contribution in [2.24, 2.45) is 0 Å². The van der Waals surface area contributed by atoms with Crippen molar-refractivity contribution in [1.82, 2.24) is 5.32 Å².